The van der Waals surface area contributed by atoms with Gasteiger partial charge in [-0.05, 0) is 49.4 Å². The average Bonchev–Trinajstić information content (AvgIpc) is 2.99. The number of ether oxygens (including phenoxy) is 1. The van der Waals surface area contributed by atoms with Crippen molar-refractivity contribution in [1.29, 1.82) is 0 Å². The monoisotopic (exact) mass is 314 g/mol. The summed E-state index contributed by atoms with van der Waals surface area (Å²) in [5.41, 5.74) is 5.56. The van der Waals surface area contributed by atoms with Crippen molar-refractivity contribution in [3.05, 3.63) is 40.7 Å². The Morgan fingerprint density at radius 3 is 3.04 bits per heavy atom. The quantitative estimate of drug-likeness (QED) is 0.591. The molecule has 1 aliphatic rings. The van der Waals surface area contributed by atoms with Crippen LogP contribution in [0.4, 0.5) is 0 Å². The predicted molar refractivity (Wildman–Crippen MR) is 84.9 cm³/mol. The third-order valence-corrected chi connectivity index (χ3v) is 3.85. The number of phenolic OH excluding ortho intramolecular Hbond substituents is 1. The van der Waals surface area contributed by atoms with Crippen molar-refractivity contribution in [1.82, 2.24) is 15.6 Å². The van der Waals surface area contributed by atoms with Crippen LogP contribution in [0.1, 0.15) is 40.2 Å². The number of carbonyl (C=O) groups is 1. The molecule has 0 saturated carbocycles. The zero-order valence-corrected chi connectivity index (χ0v) is 12.8. The number of fused-ring (bicyclic) bond motifs is 1. The molecule has 0 spiro atoms. The van der Waals surface area contributed by atoms with E-state index in [9.17, 15) is 9.90 Å². The first-order valence-corrected chi connectivity index (χ1v) is 7.45. The topological polar surface area (TPSA) is 99.6 Å². The van der Waals surface area contributed by atoms with Gasteiger partial charge in [-0.15, -0.1) is 0 Å². The largest absolute Gasteiger partial charge is 0.504 e. The van der Waals surface area contributed by atoms with Crippen molar-refractivity contribution in [2.24, 2.45) is 5.10 Å². The number of amides is 1. The van der Waals surface area contributed by atoms with Crippen LogP contribution >= 0.6 is 0 Å². The van der Waals surface area contributed by atoms with Crippen LogP contribution in [0.2, 0.25) is 0 Å². The fourth-order valence-corrected chi connectivity index (χ4v) is 2.67. The molecule has 1 aromatic heterocycles. The van der Waals surface area contributed by atoms with Crippen LogP contribution < -0.4 is 10.2 Å². The molecule has 0 bridgehead atoms. The zero-order chi connectivity index (χ0) is 16.2. The second-order valence-corrected chi connectivity index (χ2v) is 5.37. The van der Waals surface area contributed by atoms with E-state index in [1.165, 1.54) is 19.4 Å². The summed E-state index contributed by atoms with van der Waals surface area (Å²) in [7, 11) is 1.48. The van der Waals surface area contributed by atoms with Crippen LogP contribution in [0.5, 0.6) is 11.5 Å². The lowest BCUT2D eigenvalue weighted by Gasteiger charge is -2.10. The first-order valence-electron chi connectivity index (χ1n) is 7.45. The standard InChI is InChI=1S/C16H18N4O3/c1-23-14-7-6-10(8-13(14)21)9-17-20-16(22)15-11-4-2-3-5-12(11)18-19-15/h6-9,21H,2-5H2,1H3,(H,18,19)(H,20,22)/b17-9+. The lowest BCUT2D eigenvalue weighted by molar-refractivity contribution is 0.0949. The molecule has 1 amide bonds. The molecule has 0 fully saturated rings. The Bertz CT molecular complexity index is 752. The van der Waals surface area contributed by atoms with Crippen LogP contribution in [0, 0.1) is 0 Å². The molecule has 1 aliphatic carbocycles. The zero-order valence-electron chi connectivity index (χ0n) is 12.8. The number of rotatable bonds is 4. The van der Waals surface area contributed by atoms with Crippen LogP contribution in [0.25, 0.3) is 0 Å². The number of phenols is 1. The van der Waals surface area contributed by atoms with Gasteiger partial charge in [-0.25, -0.2) is 5.43 Å². The van der Waals surface area contributed by atoms with Gasteiger partial charge in [0.25, 0.3) is 5.91 Å². The molecular weight excluding hydrogens is 296 g/mol. The molecular formula is C16H18N4O3. The van der Waals surface area contributed by atoms with Gasteiger partial charge in [0.1, 0.15) is 0 Å². The van der Waals surface area contributed by atoms with E-state index in [4.69, 9.17) is 4.74 Å². The number of H-pyrrole nitrogens is 1. The van der Waals surface area contributed by atoms with Crippen molar-refractivity contribution in [3.63, 3.8) is 0 Å². The van der Waals surface area contributed by atoms with Crippen molar-refractivity contribution < 1.29 is 14.6 Å². The fourth-order valence-electron chi connectivity index (χ4n) is 2.67. The van der Waals surface area contributed by atoms with Crippen molar-refractivity contribution in [2.75, 3.05) is 7.11 Å². The molecule has 0 aliphatic heterocycles. The molecule has 1 heterocycles. The summed E-state index contributed by atoms with van der Waals surface area (Å²) in [6.45, 7) is 0. The van der Waals surface area contributed by atoms with E-state index in [2.05, 4.69) is 20.7 Å². The number of hydrogen-bond acceptors (Lipinski definition) is 5. The molecule has 3 rings (SSSR count). The van der Waals surface area contributed by atoms with Crippen molar-refractivity contribution >= 4 is 12.1 Å². The Kier molecular flexibility index (Phi) is 4.27. The van der Waals surface area contributed by atoms with Crippen LogP contribution in [-0.4, -0.2) is 34.5 Å². The summed E-state index contributed by atoms with van der Waals surface area (Å²) in [5, 5.41) is 20.6. The number of nitrogens with one attached hydrogen (secondary N) is 2. The van der Waals surface area contributed by atoms with Crippen molar-refractivity contribution in [2.45, 2.75) is 25.7 Å². The number of aryl methyl sites for hydroxylation is 1. The molecule has 1 aromatic carbocycles. The number of nitrogens with zero attached hydrogens (tertiary/aromatic N) is 2. The molecule has 7 heteroatoms. The average molecular weight is 314 g/mol. The molecule has 0 saturated heterocycles. The van der Waals surface area contributed by atoms with Gasteiger partial charge in [0, 0.05) is 11.3 Å². The second kappa shape index (κ2) is 6.51. The maximum atomic E-state index is 12.2. The summed E-state index contributed by atoms with van der Waals surface area (Å²) in [6.07, 6.45) is 5.45. The van der Waals surface area contributed by atoms with Gasteiger partial charge < -0.3 is 9.84 Å². The minimum absolute atomic E-state index is 0.0177. The van der Waals surface area contributed by atoms with Gasteiger partial charge in [0.15, 0.2) is 17.2 Å². The van der Waals surface area contributed by atoms with E-state index in [0.29, 0.717) is 17.0 Å². The minimum Gasteiger partial charge on any atom is -0.504 e. The third-order valence-electron chi connectivity index (χ3n) is 3.85. The molecule has 0 unspecified atom stereocenters. The van der Waals surface area contributed by atoms with Crippen LogP contribution in [0.3, 0.4) is 0 Å². The Morgan fingerprint density at radius 2 is 2.26 bits per heavy atom. The minimum atomic E-state index is -0.335. The first-order chi connectivity index (χ1) is 11.2. The maximum absolute atomic E-state index is 12.2. The molecule has 0 radical (unpaired) electrons. The number of benzene rings is 1. The normalized spacial score (nSPS) is 13.8. The van der Waals surface area contributed by atoms with E-state index in [1.54, 1.807) is 12.1 Å². The number of aromatic amines is 1. The van der Waals surface area contributed by atoms with Crippen LogP contribution in [0.15, 0.2) is 23.3 Å². The number of methoxy groups -OCH3 is 1. The Hall–Kier alpha value is -2.83. The highest BCUT2D eigenvalue weighted by Crippen LogP contribution is 2.25. The van der Waals surface area contributed by atoms with Crippen LogP contribution in [-0.2, 0) is 12.8 Å². The van der Waals surface area contributed by atoms with E-state index in [0.717, 1.165) is 36.9 Å². The Labute approximate surface area is 133 Å². The number of aromatic hydroxyl groups is 1. The molecule has 23 heavy (non-hydrogen) atoms. The second-order valence-electron chi connectivity index (χ2n) is 5.37. The predicted octanol–water partition coefficient (Wildman–Crippen LogP) is 1.77. The number of aromatic nitrogens is 2. The molecule has 7 nitrogen and oxygen atoms in total. The number of hydrazone groups is 1. The summed E-state index contributed by atoms with van der Waals surface area (Å²) in [6, 6.07) is 4.86. The summed E-state index contributed by atoms with van der Waals surface area (Å²) in [5.74, 6) is 0.0665. The highest BCUT2D eigenvalue weighted by atomic mass is 16.5. The van der Waals surface area contributed by atoms with E-state index >= 15 is 0 Å². The van der Waals surface area contributed by atoms with Gasteiger partial charge in [0.2, 0.25) is 0 Å². The first kappa shape index (κ1) is 15.1. The third kappa shape index (κ3) is 3.18. The fraction of sp³-hybridized carbons (Fsp3) is 0.312. The van der Waals surface area contributed by atoms with E-state index in [1.807, 2.05) is 0 Å². The van der Waals surface area contributed by atoms with Gasteiger partial charge in [0.05, 0.1) is 13.3 Å². The SMILES string of the molecule is COc1ccc(/C=N/NC(=O)c2n[nH]c3c2CCCC3)cc1O. The highest BCUT2D eigenvalue weighted by molar-refractivity contribution is 5.94. The number of hydrogen-bond donors (Lipinski definition) is 3. The lowest BCUT2D eigenvalue weighted by Crippen LogP contribution is -2.20. The van der Waals surface area contributed by atoms with Gasteiger partial charge in [-0.1, -0.05) is 0 Å². The summed E-state index contributed by atoms with van der Waals surface area (Å²) >= 11 is 0. The van der Waals surface area contributed by atoms with E-state index < -0.39 is 0 Å². The Balaban J connectivity index is 1.67. The summed E-state index contributed by atoms with van der Waals surface area (Å²) in [4.78, 5) is 12.2. The molecule has 0 atom stereocenters. The van der Waals surface area contributed by atoms with Gasteiger partial charge >= 0.3 is 0 Å². The van der Waals surface area contributed by atoms with Gasteiger partial charge in [-0.3, -0.25) is 9.89 Å². The Morgan fingerprint density at radius 1 is 1.43 bits per heavy atom. The van der Waals surface area contributed by atoms with E-state index in [-0.39, 0.29) is 11.7 Å². The summed E-state index contributed by atoms with van der Waals surface area (Å²) < 4.78 is 4.97. The molecule has 120 valence electrons. The maximum Gasteiger partial charge on any atom is 0.292 e. The van der Waals surface area contributed by atoms with Gasteiger partial charge in [-0.2, -0.15) is 10.2 Å². The smallest absolute Gasteiger partial charge is 0.292 e. The highest BCUT2D eigenvalue weighted by Gasteiger charge is 2.21. The molecule has 3 N–H and O–H groups in total. The number of carbonyl (C=O) groups excluding carboxylic acids is 1. The lowest BCUT2D eigenvalue weighted by atomic mass is 9.96. The van der Waals surface area contributed by atoms with Crippen molar-refractivity contribution in [3.8, 4) is 11.5 Å². The molecule has 2 aromatic rings.